The third-order valence-electron chi connectivity index (χ3n) is 3.62. The summed E-state index contributed by atoms with van der Waals surface area (Å²) < 4.78 is 7.04. The summed E-state index contributed by atoms with van der Waals surface area (Å²) in [4.78, 5) is 12.1. The summed E-state index contributed by atoms with van der Waals surface area (Å²) in [6.45, 7) is 1.74. The van der Waals surface area contributed by atoms with Gasteiger partial charge in [-0.2, -0.15) is 0 Å². The molecule has 0 fully saturated rings. The van der Waals surface area contributed by atoms with Crippen LogP contribution in [0.1, 0.15) is 18.5 Å². The van der Waals surface area contributed by atoms with Crippen molar-refractivity contribution >= 4 is 29.1 Å². The van der Waals surface area contributed by atoms with Crippen molar-refractivity contribution < 1.29 is 9.53 Å². The number of amides is 1. The molecule has 0 aliphatic heterocycles. The summed E-state index contributed by atoms with van der Waals surface area (Å²) in [5.74, 6) is 0.284. The van der Waals surface area contributed by atoms with E-state index in [9.17, 15) is 4.79 Å². The molecule has 9 heteroatoms. The van der Waals surface area contributed by atoms with Crippen LogP contribution in [0.5, 0.6) is 5.75 Å². The number of hydrogen-bond donors (Lipinski definition) is 1. The van der Waals surface area contributed by atoms with Crippen LogP contribution in [0, 0.1) is 0 Å². The van der Waals surface area contributed by atoms with Crippen molar-refractivity contribution in [1.82, 2.24) is 25.5 Å². The van der Waals surface area contributed by atoms with Crippen LogP contribution in [0.3, 0.4) is 0 Å². The zero-order valence-electron chi connectivity index (χ0n) is 13.8. The maximum atomic E-state index is 12.1. The van der Waals surface area contributed by atoms with Gasteiger partial charge in [-0.3, -0.25) is 4.79 Å². The van der Waals surface area contributed by atoms with Gasteiger partial charge >= 0.3 is 0 Å². The maximum absolute atomic E-state index is 12.1. The number of aromatic nitrogens is 4. The Balaban J connectivity index is 1.57. The number of carbonyl (C=O) groups excluding carboxylic acids is 1. The van der Waals surface area contributed by atoms with E-state index in [2.05, 4.69) is 20.8 Å². The molecule has 3 rings (SSSR count). The zero-order valence-corrected chi connectivity index (χ0v) is 15.3. The Morgan fingerprint density at radius 2 is 2.08 bits per heavy atom. The third-order valence-corrected chi connectivity index (χ3v) is 4.36. The van der Waals surface area contributed by atoms with Gasteiger partial charge in [0.05, 0.1) is 21.8 Å². The van der Waals surface area contributed by atoms with Gasteiger partial charge in [-0.1, -0.05) is 35.3 Å². The van der Waals surface area contributed by atoms with Crippen molar-refractivity contribution in [2.24, 2.45) is 0 Å². The van der Waals surface area contributed by atoms with Gasteiger partial charge in [0, 0.05) is 6.07 Å². The molecule has 1 amide bonds. The molecular weight excluding hydrogens is 377 g/mol. The molecule has 3 aromatic rings. The van der Waals surface area contributed by atoms with E-state index in [1.807, 2.05) is 19.1 Å². The predicted octanol–water partition coefficient (Wildman–Crippen LogP) is 3.23. The molecule has 7 nitrogen and oxygen atoms in total. The van der Waals surface area contributed by atoms with E-state index < -0.39 is 0 Å². The van der Waals surface area contributed by atoms with Gasteiger partial charge in [0.25, 0.3) is 5.91 Å². The number of hydrogen-bond acceptors (Lipinski definition) is 5. The Hall–Kier alpha value is -2.64. The van der Waals surface area contributed by atoms with E-state index in [1.165, 1.54) is 11.0 Å². The topological polar surface area (TPSA) is 81.9 Å². The van der Waals surface area contributed by atoms with Crippen LogP contribution in [0.4, 0.5) is 0 Å². The summed E-state index contributed by atoms with van der Waals surface area (Å²) in [6, 6.07) is 12.1. The highest BCUT2D eigenvalue weighted by Gasteiger charge is 2.12. The van der Waals surface area contributed by atoms with Crippen LogP contribution in [-0.2, 0) is 4.79 Å². The molecule has 0 spiro atoms. The summed E-state index contributed by atoms with van der Waals surface area (Å²) in [5.41, 5.74) is 1.59. The van der Waals surface area contributed by atoms with E-state index in [4.69, 9.17) is 27.9 Å². The second-order valence-electron chi connectivity index (χ2n) is 5.50. The minimum atomic E-state index is -0.253. The molecule has 0 saturated carbocycles. The summed E-state index contributed by atoms with van der Waals surface area (Å²) in [7, 11) is 0. The van der Waals surface area contributed by atoms with Crippen molar-refractivity contribution in [1.29, 1.82) is 0 Å². The first-order valence-corrected chi connectivity index (χ1v) is 8.49. The Kier molecular flexibility index (Phi) is 5.70. The standard InChI is InChI=1S/C17H15Cl2N5O2/c1-11(12-5-6-15(18)16(19)7-12)21-17(25)9-26-14-4-2-3-13(8-14)24-10-20-22-23-24/h2-8,10-11H,9H2,1H3,(H,21,25)/t11-/m1/s1. The van der Waals surface area contributed by atoms with Gasteiger partial charge < -0.3 is 10.1 Å². The van der Waals surface area contributed by atoms with Crippen molar-refractivity contribution in [3.8, 4) is 11.4 Å². The zero-order chi connectivity index (χ0) is 18.5. The molecule has 0 aliphatic rings. The molecule has 0 radical (unpaired) electrons. The highest BCUT2D eigenvalue weighted by Crippen LogP contribution is 2.25. The smallest absolute Gasteiger partial charge is 0.258 e. The average Bonchev–Trinajstić information content (AvgIpc) is 3.17. The summed E-state index contributed by atoms with van der Waals surface area (Å²) >= 11 is 11.9. The fourth-order valence-electron chi connectivity index (χ4n) is 2.29. The summed E-state index contributed by atoms with van der Waals surface area (Å²) in [6.07, 6.45) is 1.48. The highest BCUT2D eigenvalue weighted by molar-refractivity contribution is 6.42. The summed E-state index contributed by atoms with van der Waals surface area (Å²) in [5, 5.41) is 14.7. The lowest BCUT2D eigenvalue weighted by Gasteiger charge is -2.15. The molecule has 1 heterocycles. The number of tetrazole rings is 1. The molecule has 2 aromatic carbocycles. The number of carbonyl (C=O) groups is 1. The Labute approximate surface area is 159 Å². The largest absolute Gasteiger partial charge is 0.484 e. The maximum Gasteiger partial charge on any atom is 0.258 e. The Morgan fingerprint density at radius 1 is 1.23 bits per heavy atom. The molecule has 0 unspecified atom stereocenters. The van der Waals surface area contributed by atoms with Crippen LogP contribution in [-0.4, -0.2) is 32.7 Å². The number of halogens is 2. The minimum absolute atomic E-state index is 0.120. The Bertz CT molecular complexity index is 902. The van der Waals surface area contributed by atoms with Crippen molar-refractivity contribution in [3.05, 3.63) is 64.4 Å². The van der Waals surface area contributed by atoms with Gasteiger partial charge in [0.1, 0.15) is 12.1 Å². The molecule has 1 atom stereocenters. The van der Waals surface area contributed by atoms with Crippen molar-refractivity contribution in [2.75, 3.05) is 6.61 Å². The average molecular weight is 392 g/mol. The molecule has 26 heavy (non-hydrogen) atoms. The van der Waals surface area contributed by atoms with Gasteiger partial charge in [0.15, 0.2) is 6.61 Å². The lowest BCUT2D eigenvalue weighted by molar-refractivity contribution is -0.123. The SMILES string of the molecule is C[C@@H](NC(=O)COc1cccc(-n2cnnn2)c1)c1ccc(Cl)c(Cl)c1. The molecule has 134 valence electrons. The quantitative estimate of drug-likeness (QED) is 0.697. The van der Waals surface area contributed by atoms with Crippen molar-refractivity contribution in [2.45, 2.75) is 13.0 Å². The Morgan fingerprint density at radius 3 is 2.81 bits per heavy atom. The lowest BCUT2D eigenvalue weighted by atomic mass is 10.1. The number of ether oxygens (including phenoxy) is 1. The first kappa shape index (κ1) is 18.2. The van der Waals surface area contributed by atoms with Gasteiger partial charge in [-0.15, -0.1) is 5.10 Å². The lowest BCUT2D eigenvalue weighted by Crippen LogP contribution is -2.31. The first-order valence-electron chi connectivity index (χ1n) is 7.73. The monoisotopic (exact) mass is 391 g/mol. The molecule has 0 aliphatic carbocycles. The number of nitrogens with one attached hydrogen (secondary N) is 1. The normalized spacial score (nSPS) is 11.8. The minimum Gasteiger partial charge on any atom is -0.484 e. The van der Waals surface area contributed by atoms with Crippen LogP contribution in [0.25, 0.3) is 5.69 Å². The molecule has 1 aromatic heterocycles. The highest BCUT2D eigenvalue weighted by atomic mass is 35.5. The molecule has 0 saturated heterocycles. The van der Waals surface area contributed by atoms with Crippen LogP contribution in [0.15, 0.2) is 48.8 Å². The fraction of sp³-hybridized carbons (Fsp3) is 0.176. The van der Waals surface area contributed by atoms with E-state index in [-0.39, 0.29) is 18.6 Å². The second kappa shape index (κ2) is 8.16. The molecular formula is C17H15Cl2N5O2. The van der Waals surface area contributed by atoms with Gasteiger partial charge in [0.2, 0.25) is 0 Å². The van der Waals surface area contributed by atoms with E-state index in [1.54, 1.807) is 30.3 Å². The van der Waals surface area contributed by atoms with Crippen LogP contribution >= 0.6 is 23.2 Å². The molecule has 1 N–H and O–H groups in total. The predicted molar refractivity (Wildman–Crippen MR) is 97.7 cm³/mol. The number of nitrogens with zero attached hydrogens (tertiary/aromatic N) is 4. The van der Waals surface area contributed by atoms with Crippen molar-refractivity contribution in [3.63, 3.8) is 0 Å². The second-order valence-corrected chi connectivity index (χ2v) is 6.32. The van der Waals surface area contributed by atoms with E-state index in [0.29, 0.717) is 15.8 Å². The molecule has 0 bridgehead atoms. The third kappa shape index (κ3) is 4.50. The number of benzene rings is 2. The number of rotatable bonds is 6. The van der Waals surface area contributed by atoms with E-state index in [0.717, 1.165) is 11.3 Å². The van der Waals surface area contributed by atoms with E-state index >= 15 is 0 Å². The van der Waals surface area contributed by atoms with Gasteiger partial charge in [-0.25, -0.2) is 4.68 Å². The van der Waals surface area contributed by atoms with Crippen LogP contribution in [0.2, 0.25) is 10.0 Å². The van der Waals surface area contributed by atoms with Gasteiger partial charge in [-0.05, 0) is 47.2 Å². The van der Waals surface area contributed by atoms with Crippen LogP contribution < -0.4 is 10.1 Å². The fourth-order valence-corrected chi connectivity index (χ4v) is 2.60. The first-order chi connectivity index (χ1) is 12.5.